The van der Waals surface area contributed by atoms with Crippen LogP contribution >= 0.6 is 10.0 Å². The van der Waals surface area contributed by atoms with Crippen molar-refractivity contribution in [2.45, 2.75) is 30.4 Å². The highest BCUT2D eigenvalue weighted by atomic mass is 32.3. The first kappa shape index (κ1) is 15.7. The number of carbonyl (C=O) groups is 1. The second-order valence-electron chi connectivity index (χ2n) is 4.72. The van der Waals surface area contributed by atoms with Crippen molar-refractivity contribution in [3.05, 3.63) is 29.8 Å². The average Bonchev–Trinajstić information content (AvgIpc) is 2.39. The maximum absolute atomic E-state index is 12.1. The van der Waals surface area contributed by atoms with Crippen LogP contribution in [-0.2, 0) is 9.53 Å². The molecule has 3 heteroatoms. The molecular weight excluding hydrogens is 256 g/mol. The molecule has 0 spiro atoms. The first-order valence-electron chi connectivity index (χ1n) is 6.42. The maximum Gasteiger partial charge on any atom is 0.317 e. The molecule has 0 radical (unpaired) electrons. The summed E-state index contributed by atoms with van der Waals surface area (Å²) in [5, 5.41) is -0.0656. The van der Waals surface area contributed by atoms with Crippen LogP contribution in [0.1, 0.15) is 25.8 Å². The summed E-state index contributed by atoms with van der Waals surface area (Å²) < 4.78 is 5.20. The zero-order valence-electron chi connectivity index (χ0n) is 12.1. The third kappa shape index (κ3) is 3.54. The van der Waals surface area contributed by atoms with Crippen LogP contribution in [0.3, 0.4) is 0 Å². The fourth-order valence-corrected chi connectivity index (χ4v) is 4.67. The molecule has 0 heterocycles. The van der Waals surface area contributed by atoms with Crippen LogP contribution in [0.2, 0.25) is 0 Å². The van der Waals surface area contributed by atoms with E-state index >= 15 is 0 Å². The second kappa shape index (κ2) is 6.68. The van der Waals surface area contributed by atoms with E-state index in [0.29, 0.717) is 6.61 Å². The van der Waals surface area contributed by atoms with Gasteiger partial charge in [0.05, 0.1) is 11.9 Å². The Morgan fingerprint density at radius 1 is 1.32 bits per heavy atom. The molecule has 0 aromatic heterocycles. The quantitative estimate of drug-likeness (QED) is 0.609. The number of esters is 1. The van der Waals surface area contributed by atoms with Crippen molar-refractivity contribution < 1.29 is 9.53 Å². The van der Waals surface area contributed by atoms with Gasteiger partial charge >= 0.3 is 5.97 Å². The minimum atomic E-state index is -1.24. The van der Waals surface area contributed by atoms with Crippen molar-refractivity contribution >= 4 is 16.0 Å². The lowest BCUT2D eigenvalue weighted by molar-refractivity contribution is -0.142. The number of benzene rings is 1. The molecule has 0 saturated heterocycles. The molecule has 0 fully saturated rings. The molecule has 0 aliphatic carbocycles. The fraction of sp³-hybridized carbons (Fsp3) is 0.438. The van der Waals surface area contributed by atoms with Crippen molar-refractivity contribution in [3.8, 4) is 12.3 Å². The lowest BCUT2D eigenvalue weighted by atomic mass is 10.2. The molecule has 0 amide bonds. The van der Waals surface area contributed by atoms with Gasteiger partial charge in [0.25, 0.3) is 0 Å². The van der Waals surface area contributed by atoms with E-state index in [0.717, 1.165) is 12.0 Å². The van der Waals surface area contributed by atoms with Crippen LogP contribution in [0, 0.1) is 12.3 Å². The third-order valence-electron chi connectivity index (χ3n) is 3.26. The number of hydrogen-bond donors (Lipinski definition) is 0. The molecule has 104 valence electrons. The molecule has 1 atom stereocenters. The second-order valence-corrected chi connectivity index (χ2v) is 8.58. The van der Waals surface area contributed by atoms with Crippen LogP contribution in [0.5, 0.6) is 0 Å². The van der Waals surface area contributed by atoms with E-state index in [-0.39, 0.29) is 11.2 Å². The van der Waals surface area contributed by atoms with Crippen LogP contribution in [0.25, 0.3) is 0 Å². The number of carbonyl (C=O) groups excluding carboxylic acids is 1. The van der Waals surface area contributed by atoms with Crippen molar-refractivity contribution in [1.29, 1.82) is 0 Å². The highest BCUT2D eigenvalue weighted by Gasteiger charge is 2.32. The van der Waals surface area contributed by atoms with Crippen LogP contribution in [0.4, 0.5) is 0 Å². The van der Waals surface area contributed by atoms with Crippen molar-refractivity contribution in [1.82, 2.24) is 0 Å². The third-order valence-corrected chi connectivity index (χ3v) is 6.70. The molecule has 1 aromatic carbocycles. The van der Waals surface area contributed by atoms with Gasteiger partial charge in [-0.25, -0.2) is 10.0 Å². The molecule has 1 unspecified atom stereocenters. The van der Waals surface area contributed by atoms with Gasteiger partial charge in [-0.3, -0.25) is 4.79 Å². The van der Waals surface area contributed by atoms with E-state index in [9.17, 15) is 4.79 Å². The molecule has 0 saturated carbocycles. The molecule has 1 rings (SSSR count). The van der Waals surface area contributed by atoms with Crippen LogP contribution in [0.15, 0.2) is 29.2 Å². The number of rotatable bonds is 5. The standard InChI is InChI=1S/C16H22O2S/c1-6-13-9-11-14(12-10-13)19(4,5)15(7-2)16(17)18-8-3/h1,9-12,15H,7-8H2,2-5H3. The Labute approximate surface area is 117 Å². The largest absolute Gasteiger partial charge is 0.465 e. The van der Waals surface area contributed by atoms with Gasteiger partial charge in [-0.1, -0.05) is 12.8 Å². The molecule has 0 N–H and O–H groups in total. The molecular formula is C16H22O2S. The summed E-state index contributed by atoms with van der Waals surface area (Å²) in [6, 6.07) is 7.93. The Kier molecular flexibility index (Phi) is 5.50. The summed E-state index contributed by atoms with van der Waals surface area (Å²) in [6.07, 6.45) is 10.5. The molecule has 19 heavy (non-hydrogen) atoms. The smallest absolute Gasteiger partial charge is 0.317 e. The first-order chi connectivity index (χ1) is 8.97. The molecule has 2 nitrogen and oxygen atoms in total. The Balaban J connectivity index is 3.05. The molecule has 0 bridgehead atoms. The lowest BCUT2D eigenvalue weighted by Crippen LogP contribution is -2.28. The van der Waals surface area contributed by atoms with Gasteiger partial charge in [0.2, 0.25) is 0 Å². The fourth-order valence-electron chi connectivity index (χ4n) is 2.13. The topological polar surface area (TPSA) is 26.3 Å². The van der Waals surface area contributed by atoms with E-state index < -0.39 is 10.0 Å². The van der Waals surface area contributed by atoms with Crippen LogP contribution < -0.4 is 0 Å². The number of ether oxygens (including phenoxy) is 1. The molecule has 1 aromatic rings. The SMILES string of the molecule is C#Cc1ccc(S(C)(C)C(CC)C(=O)OCC)cc1. The zero-order chi connectivity index (χ0) is 14.5. The van der Waals surface area contributed by atoms with E-state index in [4.69, 9.17) is 11.2 Å². The zero-order valence-corrected chi connectivity index (χ0v) is 12.9. The highest BCUT2D eigenvalue weighted by Crippen LogP contribution is 2.54. The lowest BCUT2D eigenvalue weighted by Gasteiger charge is -2.38. The number of terminal acetylenes is 1. The monoisotopic (exact) mass is 278 g/mol. The predicted octanol–water partition coefficient (Wildman–Crippen LogP) is 3.43. The van der Waals surface area contributed by atoms with E-state index in [2.05, 4.69) is 18.4 Å². The van der Waals surface area contributed by atoms with Crippen molar-refractivity contribution in [3.63, 3.8) is 0 Å². The normalized spacial score (nSPS) is 13.4. The Bertz CT molecular complexity index is 469. The van der Waals surface area contributed by atoms with E-state index in [1.807, 2.05) is 38.1 Å². The summed E-state index contributed by atoms with van der Waals surface area (Å²) in [7, 11) is -1.24. The minimum absolute atomic E-state index is 0.0656. The average molecular weight is 278 g/mol. The Morgan fingerprint density at radius 3 is 2.32 bits per heavy atom. The van der Waals surface area contributed by atoms with E-state index in [1.165, 1.54) is 4.90 Å². The summed E-state index contributed by atoms with van der Waals surface area (Å²) in [6.45, 7) is 4.31. The van der Waals surface area contributed by atoms with Gasteiger partial charge in [0, 0.05) is 5.56 Å². The van der Waals surface area contributed by atoms with Gasteiger partial charge in [0.15, 0.2) is 0 Å². The van der Waals surface area contributed by atoms with Gasteiger partial charge < -0.3 is 4.74 Å². The van der Waals surface area contributed by atoms with Crippen LogP contribution in [-0.4, -0.2) is 30.3 Å². The first-order valence-corrected chi connectivity index (χ1v) is 8.94. The van der Waals surface area contributed by atoms with E-state index in [1.54, 1.807) is 0 Å². The molecule has 0 aliphatic heterocycles. The summed E-state index contributed by atoms with van der Waals surface area (Å²) >= 11 is 0. The summed E-state index contributed by atoms with van der Waals surface area (Å²) in [4.78, 5) is 13.3. The Hall–Kier alpha value is -1.40. The minimum Gasteiger partial charge on any atom is -0.465 e. The predicted molar refractivity (Wildman–Crippen MR) is 82.8 cm³/mol. The van der Waals surface area contributed by atoms with Crippen molar-refractivity contribution in [2.75, 3.05) is 19.1 Å². The van der Waals surface area contributed by atoms with Gasteiger partial charge in [0.1, 0.15) is 0 Å². The molecule has 0 aliphatic rings. The van der Waals surface area contributed by atoms with Gasteiger partial charge in [-0.15, -0.1) is 6.42 Å². The van der Waals surface area contributed by atoms with Gasteiger partial charge in [-0.2, -0.15) is 0 Å². The highest BCUT2D eigenvalue weighted by molar-refractivity contribution is 8.33. The number of hydrogen-bond acceptors (Lipinski definition) is 2. The van der Waals surface area contributed by atoms with Gasteiger partial charge in [-0.05, 0) is 55.0 Å². The summed E-state index contributed by atoms with van der Waals surface area (Å²) in [5.74, 6) is 2.52. The Morgan fingerprint density at radius 2 is 1.89 bits per heavy atom. The van der Waals surface area contributed by atoms with Crippen molar-refractivity contribution in [2.24, 2.45) is 0 Å². The maximum atomic E-state index is 12.1. The summed E-state index contributed by atoms with van der Waals surface area (Å²) in [5.41, 5.74) is 0.864.